The van der Waals surface area contributed by atoms with Crippen LogP contribution in [0, 0.1) is 5.41 Å². The summed E-state index contributed by atoms with van der Waals surface area (Å²) in [7, 11) is 0. The summed E-state index contributed by atoms with van der Waals surface area (Å²) in [5, 5.41) is 0. The largest absolute Gasteiger partial charge is 0.370 e. The molecule has 0 heterocycles. The molecular formula is C17H26O2. The van der Waals surface area contributed by atoms with E-state index < -0.39 is 0 Å². The monoisotopic (exact) mass is 262 g/mol. The van der Waals surface area contributed by atoms with E-state index in [0.29, 0.717) is 13.0 Å². The van der Waals surface area contributed by atoms with Gasteiger partial charge in [-0.15, -0.1) is 0 Å². The highest BCUT2D eigenvalue weighted by molar-refractivity contribution is 5.83. The smallest absolute Gasteiger partial charge is 0.162 e. The Morgan fingerprint density at radius 2 is 1.84 bits per heavy atom. The molecule has 0 aliphatic rings. The molecule has 0 spiro atoms. The Bertz CT molecular complexity index is 376. The minimum absolute atomic E-state index is 0.125. The fraction of sp³-hybridized carbons (Fsp3) is 0.588. The Hall–Kier alpha value is -1.15. The van der Waals surface area contributed by atoms with E-state index in [1.54, 1.807) is 0 Å². The molecule has 0 amide bonds. The van der Waals surface area contributed by atoms with Gasteiger partial charge in [0.25, 0.3) is 0 Å². The second-order valence-corrected chi connectivity index (χ2v) is 6.01. The van der Waals surface area contributed by atoms with E-state index in [4.69, 9.17) is 4.74 Å². The van der Waals surface area contributed by atoms with Crippen molar-refractivity contribution in [3.63, 3.8) is 0 Å². The van der Waals surface area contributed by atoms with Gasteiger partial charge >= 0.3 is 0 Å². The molecule has 0 aliphatic carbocycles. The molecular weight excluding hydrogens is 236 g/mol. The van der Waals surface area contributed by atoms with Crippen LogP contribution in [-0.4, -0.2) is 18.5 Å². The molecule has 1 atom stereocenters. The quantitative estimate of drug-likeness (QED) is 0.741. The SMILES string of the molecule is CCOC(C(=O)CCCc1ccccc1)C(C)(C)C. The Kier molecular flexibility index (Phi) is 6.23. The fourth-order valence-corrected chi connectivity index (χ4v) is 2.24. The molecule has 19 heavy (non-hydrogen) atoms. The van der Waals surface area contributed by atoms with Crippen molar-refractivity contribution in [3.05, 3.63) is 35.9 Å². The number of hydrogen-bond acceptors (Lipinski definition) is 2. The number of aryl methyl sites for hydroxylation is 1. The van der Waals surface area contributed by atoms with Gasteiger partial charge in [0, 0.05) is 13.0 Å². The third-order valence-corrected chi connectivity index (χ3v) is 3.14. The number of hydrogen-bond donors (Lipinski definition) is 0. The van der Waals surface area contributed by atoms with Gasteiger partial charge in [-0.1, -0.05) is 51.1 Å². The van der Waals surface area contributed by atoms with Crippen LogP contribution in [0.25, 0.3) is 0 Å². The van der Waals surface area contributed by atoms with Crippen LogP contribution in [0.2, 0.25) is 0 Å². The van der Waals surface area contributed by atoms with Gasteiger partial charge in [0.05, 0.1) is 0 Å². The normalized spacial score (nSPS) is 13.3. The highest BCUT2D eigenvalue weighted by Crippen LogP contribution is 2.24. The standard InChI is InChI=1S/C17H26O2/c1-5-19-16(17(2,3)4)15(18)13-9-12-14-10-7-6-8-11-14/h6-8,10-11,16H,5,9,12-13H2,1-4H3. The zero-order valence-corrected chi connectivity index (χ0v) is 12.6. The summed E-state index contributed by atoms with van der Waals surface area (Å²) < 4.78 is 5.62. The third kappa shape index (κ3) is 5.56. The molecule has 106 valence electrons. The minimum Gasteiger partial charge on any atom is -0.370 e. The average Bonchev–Trinajstić information content (AvgIpc) is 2.35. The summed E-state index contributed by atoms with van der Waals surface area (Å²) in [5.41, 5.74) is 1.17. The molecule has 0 bridgehead atoms. The molecule has 0 N–H and O–H groups in total. The van der Waals surface area contributed by atoms with Gasteiger partial charge in [-0.3, -0.25) is 4.79 Å². The van der Waals surface area contributed by atoms with Gasteiger partial charge < -0.3 is 4.74 Å². The zero-order chi connectivity index (χ0) is 14.3. The van der Waals surface area contributed by atoms with Crippen LogP contribution in [0.1, 0.15) is 46.1 Å². The second-order valence-electron chi connectivity index (χ2n) is 6.01. The average molecular weight is 262 g/mol. The molecule has 2 heteroatoms. The first-order valence-corrected chi connectivity index (χ1v) is 7.13. The number of ether oxygens (including phenoxy) is 1. The van der Waals surface area contributed by atoms with E-state index in [2.05, 4.69) is 32.9 Å². The lowest BCUT2D eigenvalue weighted by Gasteiger charge is -2.29. The summed E-state index contributed by atoms with van der Waals surface area (Å²) in [6.45, 7) is 8.70. The maximum Gasteiger partial charge on any atom is 0.162 e. The number of benzene rings is 1. The van der Waals surface area contributed by atoms with Crippen LogP contribution in [-0.2, 0) is 16.0 Å². The van der Waals surface area contributed by atoms with E-state index in [-0.39, 0.29) is 17.3 Å². The van der Waals surface area contributed by atoms with Gasteiger partial charge in [-0.2, -0.15) is 0 Å². The third-order valence-electron chi connectivity index (χ3n) is 3.14. The molecule has 1 aromatic rings. The number of carbonyl (C=O) groups is 1. The van der Waals surface area contributed by atoms with Crippen molar-refractivity contribution >= 4 is 5.78 Å². The predicted molar refractivity (Wildman–Crippen MR) is 79.3 cm³/mol. The van der Waals surface area contributed by atoms with Crippen molar-refractivity contribution in [2.75, 3.05) is 6.61 Å². The van der Waals surface area contributed by atoms with E-state index in [1.165, 1.54) is 5.56 Å². The Labute approximate surface area is 117 Å². The molecule has 0 radical (unpaired) electrons. The van der Waals surface area contributed by atoms with Crippen LogP contribution in [0.3, 0.4) is 0 Å². The number of Topliss-reactive ketones (excluding diaryl/α,β-unsaturated/α-hetero) is 1. The van der Waals surface area contributed by atoms with Crippen molar-refractivity contribution in [2.24, 2.45) is 5.41 Å². The summed E-state index contributed by atoms with van der Waals surface area (Å²) in [5.74, 6) is 0.227. The molecule has 1 aromatic carbocycles. The minimum atomic E-state index is -0.284. The molecule has 2 nitrogen and oxygen atoms in total. The molecule has 0 aromatic heterocycles. The number of rotatable bonds is 7. The highest BCUT2D eigenvalue weighted by atomic mass is 16.5. The lowest BCUT2D eigenvalue weighted by molar-refractivity contribution is -0.137. The Morgan fingerprint density at radius 1 is 1.21 bits per heavy atom. The van der Waals surface area contributed by atoms with Gasteiger partial charge in [-0.05, 0) is 30.7 Å². The van der Waals surface area contributed by atoms with Gasteiger partial charge in [0.2, 0.25) is 0 Å². The second kappa shape index (κ2) is 7.44. The molecule has 1 rings (SSSR count). The van der Waals surface area contributed by atoms with Crippen molar-refractivity contribution in [1.82, 2.24) is 0 Å². The van der Waals surface area contributed by atoms with Crippen LogP contribution in [0.15, 0.2) is 30.3 Å². The zero-order valence-electron chi connectivity index (χ0n) is 12.6. The summed E-state index contributed by atoms with van der Waals surface area (Å²) in [6, 6.07) is 10.3. The first kappa shape index (κ1) is 15.9. The highest BCUT2D eigenvalue weighted by Gasteiger charge is 2.30. The van der Waals surface area contributed by atoms with E-state index in [0.717, 1.165) is 12.8 Å². The lowest BCUT2D eigenvalue weighted by Crippen LogP contribution is -2.37. The van der Waals surface area contributed by atoms with Gasteiger partial charge in [-0.25, -0.2) is 0 Å². The Balaban J connectivity index is 2.45. The molecule has 0 fully saturated rings. The van der Waals surface area contributed by atoms with Crippen molar-refractivity contribution in [2.45, 2.75) is 53.1 Å². The summed E-state index contributed by atoms with van der Waals surface area (Å²) in [6.07, 6.45) is 2.16. The van der Waals surface area contributed by atoms with E-state index in [1.807, 2.05) is 25.1 Å². The van der Waals surface area contributed by atoms with Crippen LogP contribution >= 0.6 is 0 Å². The first-order valence-electron chi connectivity index (χ1n) is 7.13. The molecule has 0 saturated heterocycles. The Morgan fingerprint density at radius 3 is 2.37 bits per heavy atom. The van der Waals surface area contributed by atoms with Crippen LogP contribution in [0.5, 0.6) is 0 Å². The van der Waals surface area contributed by atoms with E-state index >= 15 is 0 Å². The van der Waals surface area contributed by atoms with Crippen molar-refractivity contribution in [1.29, 1.82) is 0 Å². The van der Waals surface area contributed by atoms with Crippen molar-refractivity contribution in [3.8, 4) is 0 Å². The molecule has 1 unspecified atom stereocenters. The van der Waals surface area contributed by atoms with Crippen LogP contribution < -0.4 is 0 Å². The molecule has 0 saturated carbocycles. The number of carbonyl (C=O) groups excluding carboxylic acids is 1. The first-order chi connectivity index (χ1) is 8.95. The summed E-state index contributed by atoms with van der Waals surface area (Å²) >= 11 is 0. The van der Waals surface area contributed by atoms with Gasteiger partial charge in [0.1, 0.15) is 6.10 Å². The maximum atomic E-state index is 12.2. The number of ketones is 1. The molecule has 0 aliphatic heterocycles. The summed E-state index contributed by atoms with van der Waals surface area (Å²) in [4.78, 5) is 12.2. The fourth-order valence-electron chi connectivity index (χ4n) is 2.24. The topological polar surface area (TPSA) is 26.3 Å². The predicted octanol–water partition coefficient (Wildman–Crippen LogP) is 4.03. The lowest BCUT2D eigenvalue weighted by atomic mass is 9.85. The maximum absolute atomic E-state index is 12.2. The van der Waals surface area contributed by atoms with E-state index in [9.17, 15) is 4.79 Å². The van der Waals surface area contributed by atoms with Crippen LogP contribution in [0.4, 0.5) is 0 Å². The van der Waals surface area contributed by atoms with Crippen molar-refractivity contribution < 1.29 is 9.53 Å². The van der Waals surface area contributed by atoms with Gasteiger partial charge in [0.15, 0.2) is 5.78 Å².